The number of hydrogen-bond acceptors (Lipinski definition) is 3. The van der Waals surface area contributed by atoms with Crippen molar-refractivity contribution in [1.82, 2.24) is 10.2 Å². The summed E-state index contributed by atoms with van der Waals surface area (Å²) in [6.07, 6.45) is 0. The van der Waals surface area contributed by atoms with Crippen molar-refractivity contribution < 1.29 is 9.90 Å². The number of phenols is 1. The molecule has 0 aliphatic rings. The highest BCUT2D eigenvalue weighted by molar-refractivity contribution is 6.31. The summed E-state index contributed by atoms with van der Waals surface area (Å²) in [7, 11) is 0. The smallest absolute Gasteiger partial charge is 0.273 e. The molecule has 1 amide bonds. The van der Waals surface area contributed by atoms with Gasteiger partial charge in [0, 0.05) is 16.3 Å². The Bertz CT molecular complexity index is 815. The maximum atomic E-state index is 12.1. The molecule has 0 bridgehead atoms. The molecule has 22 heavy (non-hydrogen) atoms. The van der Waals surface area contributed by atoms with Gasteiger partial charge in [-0.1, -0.05) is 29.8 Å². The molecule has 0 radical (unpaired) electrons. The van der Waals surface area contributed by atoms with E-state index in [9.17, 15) is 9.90 Å². The maximum absolute atomic E-state index is 12.1. The number of amides is 1. The number of halogens is 1. The molecule has 0 saturated heterocycles. The molecule has 3 aromatic rings. The molecule has 1 aromatic heterocycles. The van der Waals surface area contributed by atoms with Gasteiger partial charge in [0.05, 0.1) is 5.69 Å². The van der Waals surface area contributed by atoms with E-state index in [4.69, 9.17) is 11.6 Å². The van der Waals surface area contributed by atoms with Crippen LogP contribution in [0.5, 0.6) is 5.75 Å². The Balaban J connectivity index is 1.84. The molecule has 6 heteroatoms. The van der Waals surface area contributed by atoms with Crippen LogP contribution in [0.25, 0.3) is 11.3 Å². The van der Waals surface area contributed by atoms with Crippen LogP contribution in [0.4, 0.5) is 5.69 Å². The molecule has 2 aromatic carbocycles. The van der Waals surface area contributed by atoms with Crippen molar-refractivity contribution in [2.75, 3.05) is 5.32 Å². The Kier molecular flexibility index (Phi) is 3.80. The molecular formula is C16H12ClN3O2. The van der Waals surface area contributed by atoms with Crippen LogP contribution in [0.3, 0.4) is 0 Å². The van der Waals surface area contributed by atoms with Gasteiger partial charge in [-0.25, -0.2) is 0 Å². The first-order chi connectivity index (χ1) is 10.6. The van der Waals surface area contributed by atoms with Crippen LogP contribution < -0.4 is 5.32 Å². The zero-order chi connectivity index (χ0) is 15.5. The minimum atomic E-state index is -0.313. The highest BCUT2D eigenvalue weighted by Gasteiger charge is 2.13. The number of para-hydroxylation sites is 1. The van der Waals surface area contributed by atoms with E-state index in [0.29, 0.717) is 27.7 Å². The van der Waals surface area contributed by atoms with Gasteiger partial charge in [-0.15, -0.1) is 0 Å². The number of rotatable bonds is 3. The predicted molar refractivity (Wildman–Crippen MR) is 85.1 cm³/mol. The van der Waals surface area contributed by atoms with Crippen molar-refractivity contribution in [1.29, 1.82) is 0 Å². The van der Waals surface area contributed by atoms with Crippen LogP contribution in [-0.2, 0) is 0 Å². The molecule has 0 fully saturated rings. The fourth-order valence-corrected chi connectivity index (χ4v) is 2.18. The van der Waals surface area contributed by atoms with Crippen LogP contribution in [-0.4, -0.2) is 21.2 Å². The van der Waals surface area contributed by atoms with Crippen molar-refractivity contribution in [3.8, 4) is 17.0 Å². The molecule has 0 aliphatic heterocycles. The molecule has 0 saturated carbocycles. The van der Waals surface area contributed by atoms with Gasteiger partial charge in [0.25, 0.3) is 5.91 Å². The fraction of sp³-hybridized carbons (Fsp3) is 0. The second-order valence-electron chi connectivity index (χ2n) is 4.65. The van der Waals surface area contributed by atoms with Crippen LogP contribution >= 0.6 is 11.6 Å². The van der Waals surface area contributed by atoms with E-state index in [2.05, 4.69) is 15.5 Å². The molecule has 1 heterocycles. The average Bonchev–Trinajstić information content (AvgIpc) is 3.00. The van der Waals surface area contributed by atoms with Gasteiger partial charge in [-0.05, 0) is 36.4 Å². The largest absolute Gasteiger partial charge is 0.507 e. The Hall–Kier alpha value is -2.79. The van der Waals surface area contributed by atoms with Crippen molar-refractivity contribution in [2.45, 2.75) is 0 Å². The average molecular weight is 314 g/mol. The first kappa shape index (κ1) is 14.2. The lowest BCUT2D eigenvalue weighted by molar-refractivity contribution is 0.102. The summed E-state index contributed by atoms with van der Waals surface area (Å²) in [6.45, 7) is 0. The number of carbonyl (C=O) groups is 1. The van der Waals surface area contributed by atoms with E-state index in [1.165, 1.54) is 6.07 Å². The molecule has 5 nitrogen and oxygen atoms in total. The molecule has 0 aliphatic carbocycles. The maximum Gasteiger partial charge on any atom is 0.273 e. The molecular weight excluding hydrogens is 302 g/mol. The first-order valence-electron chi connectivity index (χ1n) is 6.54. The van der Waals surface area contributed by atoms with E-state index in [1.54, 1.807) is 30.3 Å². The molecule has 0 spiro atoms. The summed E-state index contributed by atoms with van der Waals surface area (Å²) in [5, 5.41) is 19.8. The number of anilines is 1. The number of nitrogens with zero attached hydrogens (tertiary/aromatic N) is 1. The third kappa shape index (κ3) is 2.94. The van der Waals surface area contributed by atoms with Gasteiger partial charge in [-0.3, -0.25) is 9.89 Å². The van der Waals surface area contributed by atoms with Gasteiger partial charge in [0.1, 0.15) is 11.4 Å². The number of H-pyrrole nitrogens is 1. The summed E-state index contributed by atoms with van der Waals surface area (Å²) in [6, 6.07) is 15.3. The summed E-state index contributed by atoms with van der Waals surface area (Å²) >= 11 is 5.92. The van der Waals surface area contributed by atoms with E-state index < -0.39 is 0 Å². The summed E-state index contributed by atoms with van der Waals surface area (Å²) in [4.78, 5) is 12.1. The number of carbonyl (C=O) groups excluding carboxylic acids is 1. The molecule has 0 atom stereocenters. The summed E-state index contributed by atoms with van der Waals surface area (Å²) in [5.74, 6) is -0.266. The van der Waals surface area contributed by atoms with Crippen LogP contribution in [0.2, 0.25) is 5.02 Å². The molecule has 3 rings (SSSR count). The molecule has 3 N–H and O–H groups in total. The second-order valence-corrected chi connectivity index (χ2v) is 5.08. The number of nitrogens with one attached hydrogen (secondary N) is 2. The Morgan fingerprint density at radius 2 is 1.91 bits per heavy atom. The molecule has 110 valence electrons. The number of aromatic hydroxyl groups is 1. The number of benzene rings is 2. The number of phenolic OH excluding ortho intramolecular Hbond substituents is 1. The van der Waals surface area contributed by atoms with Gasteiger partial charge >= 0.3 is 0 Å². The molecule has 0 unspecified atom stereocenters. The third-order valence-corrected chi connectivity index (χ3v) is 3.32. The SMILES string of the molecule is O=C(Nc1ccccc1)c1cc(-c2cc(Cl)ccc2O)n[nH]1. The van der Waals surface area contributed by atoms with E-state index in [1.807, 2.05) is 18.2 Å². The fourth-order valence-electron chi connectivity index (χ4n) is 2.01. The van der Waals surface area contributed by atoms with Gasteiger partial charge in [0.15, 0.2) is 0 Å². The normalized spacial score (nSPS) is 10.4. The lowest BCUT2D eigenvalue weighted by Crippen LogP contribution is -2.12. The number of aromatic nitrogens is 2. The van der Waals surface area contributed by atoms with E-state index in [0.717, 1.165) is 0 Å². The van der Waals surface area contributed by atoms with Crippen LogP contribution in [0.1, 0.15) is 10.5 Å². The monoisotopic (exact) mass is 313 g/mol. The quantitative estimate of drug-likeness (QED) is 0.690. The Labute approximate surface area is 131 Å². The van der Waals surface area contributed by atoms with Crippen molar-refractivity contribution in [3.05, 3.63) is 65.3 Å². The van der Waals surface area contributed by atoms with Gasteiger partial charge in [0.2, 0.25) is 0 Å². The topological polar surface area (TPSA) is 78.0 Å². The van der Waals surface area contributed by atoms with Gasteiger partial charge < -0.3 is 10.4 Å². The first-order valence-corrected chi connectivity index (χ1v) is 6.92. The lowest BCUT2D eigenvalue weighted by Gasteiger charge is -2.02. The summed E-state index contributed by atoms with van der Waals surface area (Å²) in [5.41, 5.74) is 1.88. The minimum absolute atomic E-state index is 0.0471. The van der Waals surface area contributed by atoms with Crippen molar-refractivity contribution >= 4 is 23.2 Å². The van der Waals surface area contributed by atoms with Crippen LogP contribution in [0, 0.1) is 0 Å². The zero-order valence-electron chi connectivity index (χ0n) is 11.4. The van der Waals surface area contributed by atoms with E-state index in [-0.39, 0.29) is 11.7 Å². The Morgan fingerprint density at radius 1 is 1.14 bits per heavy atom. The number of aromatic amines is 1. The van der Waals surface area contributed by atoms with Gasteiger partial charge in [-0.2, -0.15) is 5.10 Å². The van der Waals surface area contributed by atoms with Crippen LogP contribution in [0.15, 0.2) is 54.6 Å². The summed E-state index contributed by atoms with van der Waals surface area (Å²) < 4.78 is 0. The lowest BCUT2D eigenvalue weighted by atomic mass is 10.1. The zero-order valence-corrected chi connectivity index (χ0v) is 12.1. The standard InChI is InChI=1S/C16H12ClN3O2/c17-10-6-7-15(21)12(8-10)13-9-14(20-19-13)16(22)18-11-4-2-1-3-5-11/h1-9,21H,(H,18,22)(H,19,20). The highest BCUT2D eigenvalue weighted by atomic mass is 35.5. The van der Waals surface area contributed by atoms with Crippen molar-refractivity contribution in [2.24, 2.45) is 0 Å². The highest BCUT2D eigenvalue weighted by Crippen LogP contribution is 2.30. The third-order valence-electron chi connectivity index (χ3n) is 3.09. The minimum Gasteiger partial charge on any atom is -0.507 e. The predicted octanol–water partition coefficient (Wildman–Crippen LogP) is 3.69. The Morgan fingerprint density at radius 3 is 2.68 bits per heavy atom. The second kappa shape index (κ2) is 5.91. The van der Waals surface area contributed by atoms with Crippen molar-refractivity contribution in [3.63, 3.8) is 0 Å². The van der Waals surface area contributed by atoms with E-state index >= 15 is 0 Å². The number of hydrogen-bond donors (Lipinski definition) is 3.